The van der Waals surface area contributed by atoms with Crippen molar-refractivity contribution in [2.45, 2.75) is 26.3 Å². The Kier molecular flexibility index (Phi) is 5.94. The molecule has 1 unspecified atom stereocenters. The molecule has 0 saturated carbocycles. The molecule has 7 nitrogen and oxygen atoms in total. The van der Waals surface area contributed by atoms with Crippen LogP contribution in [0.1, 0.15) is 20.3 Å². The summed E-state index contributed by atoms with van der Waals surface area (Å²) >= 11 is 0. The van der Waals surface area contributed by atoms with Gasteiger partial charge in [-0.05, 0) is 12.3 Å². The maximum absolute atomic E-state index is 11.8. The van der Waals surface area contributed by atoms with Gasteiger partial charge in [-0.15, -0.1) is 0 Å². The van der Waals surface area contributed by atoms with Crippen molar-refractivity contribution in [2.24, 2.45) is 5.92 Å². The average molecular weight is 306 g/mol. The second-order valence-electron chi connectivity index (χ2n) is 5.55. The van der Waals surface area contributed by atoms with Crippen molar-refractivity contribution < 1.29 is 23.1 Å². The van der Waals surface area contributed by atoms with Crippen LogP contribution < -0.4 is 5.32 Å². The molecule has 1 fully saturated rings. The summed E-state index contributed by atoms with van der Waals surface area (Å²) < 4.78 is 22.9. The predicted octanol–water partition coefficient (Wildman–Crippen LogP) is -0.668. The quantitative estimate of drug-likeness (QED) is 0.646. The van der Waals surface area contributed by atoms with E-state index in [4.69, 9.17) is 5.11 Å². The molecular weight excluding hydrogens is 284 g/mol. The van der Waals surface area contributed by atoms with E-state index in [1.165, 1.54) is 4.90 Å². The number of amides is 1. The summed E-state index contributed by atoms with van der Waals surface area (Å²) in [7, 11) is -3.10. The molecule has 20 heavy (non-hydrogen) atoms. The molecule has 0 aliphatic carbocycles. The van der Waals surface area contributed by atoms with Crippen LogP contribution in [0.25, 0.3) is 0 Å². The van der Waals surface area contributed by atoms with Crippen LogP contribution in [0.15, 0.2) is 0 Å². The molecule has 8 heteroatoms. The van der Waals surface area contributed by atoms with E-state index in [2.05, 4.69) is 5.32 Å². The van der Waals surface area contributed by atoms with Gasteiger partial charge in [0.15, 0.2) is 9.84 Å². The van der Waals surface area contributed by atoms with Crippen LogP contribution in [0, 0.1) is 5.92 Å². The van der Waals surface area contributed by atoms with Gasteiger partial charge in [0.05, 0.1) is 24.6 Å². The molecule has 1 amide bonds. The highest BCUT2D eigenvalue weighted by molar-refractivity contribution is 7.91. The molecule has 1 aliphatic heterocycles. The summed E-state index contributed by atoms with van der Waals surface area (Å²) in [5.41, 5.74) is 0. The van der Waals surface area contributed by atoms with Crippen molar-refractivity contribution in [2.75, 3.05) is 31.1 Å². The maximum Gasteiger partial charge on any atom is 0.317 e. The number of rotatable bonds is 7. The highest BCUT2D eigenvalue weighted by Gasteiger charge is 2.33. The molecule has 0 aromatic rings. The fraction of sp³-hybridized carbons (Fsp3) is 0.833. The summed E-state index contributed by atoms with van der Waals surface area (Å²) in [5, 5.41) is 11.6. The zero-order valence-corrected chi connectivity index (χ0v) is 12.6. The number of nitrogens with zero attached hydrogens (tertiary/aromatic N) is 1. The normalized spacial score (nSPS) is 21.3. The molecule has 2 N–H and O–H groups in total. The van der Waals surface area contributed by atoms with E-state index in [1.807, 2.05) is 13.8 Å². The Hall–Kier alpha value is -1.15. The number of carbonyl (C=O) groups is 2. The number of sulfone groups is 1. The summed E-state index contributed by atoms with van der Waals surface area (Å²) in [5.74, 6) is -1.05. The summed E-state index contributed by atoms with van der Waals surface area (Å²) in [6.45, 7) is 4.02. The first kappa shape index (κ1) is 16.9. The molecule has 1 heterocycles. The number of nitrogens with one attached hydrogen (secondary N) is 1. The van der Waals surface area contributed by atoms with Gasteiger partial charge in [-0.3, -0.25) is 14.5 Å². The van der Waals surface area contributed by atoms with Gasteiger partial charge in [0.25, 0.3) is 0 Å². The van der Waals surface area contributed by atoms with Crippen molar-refractivity contribution >= 4 is 21.7 Å². The number of aliphatic carboxylic acids is 1. The Morgan fingerprint density at radius 1 is 1.35 bits per heavy atom. The zero-order valence-electron chi connectivity index (χ0n) is 11.8. The lowest BCUT2D eigenvalue weighted by atomic mass is 10.2. The van der Waals surface area contributed by atoms with Crippen molar-refractivity contribution in [1.82, 2.24) is 10.2 Å². The minimum atomic E-state index is -3.10. The summed E-state index contributed by atoms with van der Waals surface area (Å²) in [4.78, 5) is 24.0. The van der Waals surface area contributed by atoms with Crippen molar-refractivity contribution in [1.29, 1.82) is 0 Å². The Balaban J connectivity index is 2.61. The number of hydrogen-bond donors (Lipinski definition) is 2. The molecule has 1 saturated heterocycles. The van der Waals surface area contributed by atoms with E-state index in [9.17, 15) is 18.0 Å². The Labute approximate surface area is 119 Å². The van der Waals surface area contributed by atoms with Gasteiger partial charge in [0, 0.05) is 12.6 Å². The van der Waals surface area contributed by atoms with Gasteiger partial charge >= 0.3 is 5.97 Å². The minimum Gasteiger partial charge on any atom is -0.480 e. The molecule has 0 radical (unpaired) electrons. The topological polar surface area (TPSA) is 104 Å². The molecule has 0 aromatic heterocycles. The van der Waals surface area contributed by atoms with Crippen LogP contribution in [0.4, 0.5) is 0 Å². The Morgan fingerprint density at radius 2 is 2.00 bits per heavy atom. The second-order valence-corrected chi connectivity index (χ2v) is 7.78. The van der Waals surface area contributed by atoms with Gasteiger partial charge in [0.1, 0.15) is 0 Å². The van der Waals surface area contributed by atoms with Gasteiger partial charge in [-0.25, -0.2) is 8.42 Å². The molecule has 0 bridgehead atoms. The monoisotopic (exact) mass is 306 g/mol. The first-order valence-corrected chi connectivity index (χ1v) is 8.44. The number of carboxylic acids is 1. The number of hydrogen-bond acceptors (Lipinski definition) is 5. The minimum absolute atomic E-state index is 0.0569. The fourth-order valence-corrected chi connectivity index (χ4v) is 3.87. The first-order chi connectivity index (χ1) is 9.19. The average Bonchev–Trinajstić information content (AvgIpc) is 2.65. The van der Waals surface area contributed by atoms with E-state index >= 15 is 0 Å². The summed E-state index contributed by atoms with van der Waals surface area (Å²) in [6.07, 6.45) is 0.382. The SMILES string of the molecule is CC(C)CNC(=O)CN(CC(=O)O)C1CCS(=O)(=O)C1. The maximum atomic E-state index is 11.8. The zero-order chi connectivity index (χ0) is 15.3. The highest BCUT2D eigenvalue weighted by Crippen LogP contribution is 2.17. The van der Waals surface area contributed by atoms with Crippen molar-refractivity contribution in [3.05, 3.63) is 0 Å². The Bertz CT molecular complexity index is 460. The van der Waals surface area contributed by atoms with E-state index in [1.54, 1.807) is 0 Å². The molecule has 0 spiro atoms. The standard InChI is InChI=1S/C12H22N2O5S/c1-9(2)5-13-11(15)6-14(7-12(16)17)10-3-4-20(18,19)8-10/h9-10H,3-8H2,1-2H3,(H,13,15)(H,16,17). The number of carbonyl (C=O) groups excluding carboxylic acids is 1. The third-order valence-electron chi connectivity index (χ3n) is 3.12. The van der Waals surface area contributed by atoms with E-state index < -0.39 is 15.8 Å². The molecule has 1 aliphatic rings. The fourth-order valence-electron chi connectivity index (χ4n) is 2.11. The second kappa shape index (κ2) is 7.03. The smallest absolute Gasteiger partial charge is 0.317 e. The lowest BCUT2D eigenvalue weighted by Gasteiger charge is -2.25. The third-order valence-corrected chi connectivity index (χ3v) is 4.87. The van der Waals surface area contributed by atoms with Crippen LogP contribution in [0.2, 0.25) is 0 Å². The van der Waals surface area contributed by atoms with E-state index in [0.29, 0.717) is 18.9 Å². The highest BCUT2D eigenvalue weighted by atomic mass is 32.2. The molecule has 1 rings (SSSR count). The van der Waals surface area contributed by atoms with Crippen LogP contribution >= 0.6 is 0 Å². The number of carboxylic acid groups (broad SMARTS) is 1. The molecule has 0 aromatic carbocycles. The third kappa shape index (κ3) is 5.87. The van der Waals surface area contributed by atoms with E-state index in [0.717, 1.165) is 0 Å². The van der Waals surface area contributed by atoms with Crippen LogP contribution in [0.5, 0.6) is 0 Å². The Morgan fingerprint density at radius 3 is 2.45 bits per heavy atom. The lowest BCUT2D eigenvalue weighted by molar-refractivity contribution is -0.139. The van der Waals surface area contributed by atoms with Crippen LogP contribution in [-0.2, 0) is 19.4 Å². The van der Waals surface area contributed by atoms with Gasteiger partial charge in [-0.1, -0.05) is 13.8 Å². The van der Waals surface area contributed by atoms with E-state index in [-0.39, 0.29) is 36.5 Å². The largest absolute Gasteiger partial charge is 0.480 e. The van der Waals surface area contributed by atoms with Crippen LogP contribution in [-0.4, -0.2) is 67.5 Å². The molecule has 116 valence electrons. The lowest BCUT2D eigenvalue weighted by Crippen LogP contribution is -2.46. The van der Waals surface area contributed by atoms with Gasteiger partial charge < -0.3 is 10.4 Å². The first-order valence-electron chi connectivity index (χ1n) is 6.62. The summed E-state index contributed by atoms with van der Waals surface area (Å²) in [6, 6.07) is -0.388. The van der Waals surface area contributed by atoms with Crippen LogP contribution in [0.3, 0.4) is 0 Å². The predicted molar refractivity (Wildman–Crippen MR) is 74.1 cm³/mol. The van der Waals surface area contributed by atoms with Crippen molar-refractivity contribution in [3.8, 4) is 0 Å². The molecular formula is C12H22N2O5S. The van der Waals surface area contributed by atoms with Gasteiger partial charge in [-0.2, -0.15) is 0 Å². The van der Waals surface area contributed by atoms with Crippen molar-refractivity contribution in [3.63, 3.8) is 0 Å². The van der Waals surface area contributed by atoms with Gasteiger partial charge in [0.2, 0.25) is 5.91 Å². The molecule has 1 atom stereocenters.